The summed E-state index contributed by atoms with van der Waals surface area (Å²) in [5.74, 6) is -0.0705. The smallest absolute Gasteiger partial charge is 0.245 e. The lowest BCUT2D eigenvalue weighted by atomic mass is 9.88. The van der Waals surface area contributed by atoms with Gasteiger partial charge in [-0.25, -0.2) is 8.42 Å². The topological polar surface area (TPSA) is 108 Å². The fourth-order valence-corrected chi connectivity index (χ4v) is 6.69. The molecule has 0 atom stereocenters. The Hall–Kier alpha value is -2.50. The number of carbonyl (C=O) groups excluding carboxylic acids is 1. The Kier molecular flexibility index (Phi) is 7.06. The zero-order valence-electron chi connectivity index (χ0n) is 20.3. The van der Waals surface area contributed by atoms with E-state index in [-0.39, 0.29) is 11.4 Å². The van der Waals surface area contributed by atoms with E-state index in [0.29, 0.717) is 33.6 Å². The number of aryl methyl sites for hydroxylation is 1. The number of rotatable bonds is 7. The van der Waals surface area contributed by atoms with Gasteiger partial charge >= 0.3 is 0 Å². The maximum atomic E-state index is 13.2. The Labute approximate surface area is 215 Å². The molecule has 2 N–H and O–H groups in total. The van der Waals surface area contributed by atoms with Gasteiger partial charge in [-0.15, -0.1) is 0 Å². The van der Waals surface area contributed by atoms with E-state index in [0.717, 1.165) is 54.6 Å². The van der Waals surface area contributed by atoms with Crippen molar-refractivity contribution in [3.8, 4) is 0 Å². The number of likely N-dealkylation sites (N-methyl/N-ethyl adjacent to an activating group) is 1. The largest absolute Gasteiger partial charge is 0.378 e. The number of benzene rings is 2. The monoisotopic (exact) mass is 531 g/mol. The fraction of sp³-hybridized carbons (Fsp3) is 0.440. The fourth-order valence-electron chi connectivity index (χ4n) is 4.97. The van der Waals surface area contributed by atoms with Crippen LogP contribution in [-0.2, 0) is 19.6 Å². The maximum absolute atomic E-state index is 13.2. The van der Waals surface area contributed by atoms with Crippen molar-refractivity contribution in [3.63, 3.8) is 0 Å². The summed E-state index contributed by atoms with van der Waals surface area (Å²) in [4.78, 5) is 15.3. The number of amides is 1. The summed E-state index contributed by atoms with van der Waals surface area (Å²) in [6, 6.07) is 9.51. The van der Waals surface area contributed by atoms with E-state index in [1.807, 2.05) is 25.1 Å². The highest BCUT2D eigenvalue weighted by atomic mass is 35.5. The van der Waals surface area contributed by atoms with Crippen LogP contribution in [0.5, 0.6) is 0 Å². The second-order valence-corrected chi connectivity index (χ2v) is 12.1. The molecule has 9 nitrogen and oxygen atoms in total. The van der Waals surface area contributed by atoms with Crippen LogP contribution in [0.3, 0.4) is 0 Å². The van der Waals surface area contributed by atoms with Crippen LogP contribution in [0.15, 0.2) is 41.4 Å². The number of carbonyl (C=O) groups is 1. The normalized spacial score (nSPS) is 18.0. The Morgan fingerprint density at radius 3 is 2.67 bits per heavy atom. The molecule has 3 heterocycles. The number of hydrogen-bond donors (Lipinski definition) is 2. The first-order valence-electron chi connectivity index (χ1n) is 12.0. The number of H-pyrrole nitrogens is 1. The SMILES string of the molecule is Cc1cc(S(=O)(=O)N(C)CC(=O)Nc2ccc(C3CCN(C4COC4)CC3)c(Cl)c2)c2[nH]ncc2c1. The predicted octanol–water partition coefficient (Wildman–Crippen LogP) is 3.36. The molecule has 2 aliphatic heterocycles. The molecule has 2 aromatic carbocycles. The van der Waals surface area contributed by atoms with E-state index in [1.165, 1.54) is 7.05 Å². The van der Waals surface area contributed by atoms with Crippen LogP contribution in [-0.4, -0.2) is 79.7 Å². The van der Waals surface area contributed by atoms with E-state index < -0.39 is 15.9 Å². The highest BCUT2D eigenvalue weighted by Crippen LogP contribution is 2.35. The third-order valence-corrected chi connectivity index (χ3v) is 9.26. The van der Waals surface area contributed by atoms with Crippen LogP contribution in [0.1, 0.15) is 29.9 Å². The summed E-state index contributed by atoms with van der Waals surface area (Å²) < 4.78 is 32.8. The summed E-state index contributed by atoms with van der Waals surface area (Å²) in [5.41, 5.74) is 2.83. The Morgan fingerprint density at radius 2 is 2.00 bits per heavy atom. The summed E-state index contributed by atoms with van der Waals surface area (Å²) in [7, 11) is -2.53. The summed E-state index contributed by atoms with van der Waals surface area (Å²) in [5, 5.41) is 10.8. The van der Waals surface area contributed by atoms with E-state index in [4.69, 9.17) is 16.3 Å². The van der Waals surface area contributed by atoms with Crippen molar-refractivity contribution >= 4 is 44.1 Å². The lowest BCUT2D eigenvalue weighted by Crippen LogP contribution is -2.51. The molecule has 11 heteroatoms. The molecule has 36 heavy (non-hydrogen) atoms. The highest BCUT2D eigenvalue weighted by Gasteiger charge is 2.31. The van der Waals surface area contributed by atoms with Crippen molar-refractivity contribution < 1.29 is 17.9 Å². The number of aromatic nitrogens is 2. The molecule has 1 aromatic heterocycles. The predicted molar refractivity (Wildman–Crippen MR) is 139 cm³/mol. The molecule has 5 rings (SSSR count). The minimum absolute atomic E-state index is 0.0913. The second-order valence-electron chi connectivity index (χ2n) is 9.64. The molecule has 0 aliphatic carbocycles. The van der Waals surface area contributed by atoms with Gasteiger partial charge in [-0.1, -0.05) is 17.7 Å². The van der Waals surface area contributed by atoms with Gasteiger partial charge in [0.2, 0.25) is 15.9 Å². The van der Waals surface area contributed by atoms with Crippen LogP contribution in [0.25, 0.3) is 10.9 Å². The molecule has 2 fully saturated rings. The van der Waals surface area contributed by atoms with Crippen molar-refractivity contribution in [1.82, 2.24) is 19.4 Å². The number of anilines is 1. The number of fused-ring (bicyclic) bond motifs is 1. The number of ether oxygens (including phenoxy) is 1. The first-order chi connectivity index (χ1) is 17.2. The number of halogens is 1. The molecule has 0 spiro atoms. The first kappa shape index (κ1) is 25.2. The van der Waals surface area contributed by atoms with E-state index in [9.17, 15) is 13.2 Å². The molecular formula is C25H30ClN5O4S. The van der Waals surface area contributed by atoms with Gasteiger partial charge in [0.25, 0.3) is 0 Å². The zero-order chi connectivity index (χ0) is 25.4. The van der Waals surface area contributed by atoms with Crippen molar-refractivity contribution in [2.45, 2.75) is 36.6 Å². The lowest BCUT2D eigenvalue weighted by Gasteiger charge is -2.41. The molecule has 0 unspecified atom stereocenters. The minimum Gasteiger partial charge on any atom is -0.378 e. The van der Waals surface area contributed by atoms with Crippen molar-refractivity contribution in [2.24, 2.45) is 0 Å². The quantitative estimate of drug-likeness (QED) is 0.484. The van der Waals surface area contributed by atoms with Crippen LogP contribution >= 0.6 is 11.6 Å². The van der Waals surface area contributed by atoms with Gasteiger partial charge in [0, 0.05) is 23.1 Å². The molecule has 2 saturated heterocycles. The summed E-state index contributed by atoms with van der Waals surface area (Å²) in [6.45, 7) is 5.19. The number of aromatic amines is 1. The number of likely N-dealkylation sites (tertiary alicyclic amines) is 1. The number of nitrogens with one attached hydrogen (secondary N) is 2. The summed E-state index contributed by atoms with van der Waals surface area (Å²) in [6.07, 6.45) is 3.65. The number of nitrogens with zero attached hydrogens (tertiary/aromatic N) is 3. The molecule has 1 amide bonds. The van der Waals surface area contributed by atoms with Gasteiger partial charge in [0.05, 0.1) is 37.5 Å². The van der Waals surface area contributed by atoms with Crippen LogP contribution in [0.2, 0.25) is 5.02 Å². The number of piperidine rings is 1. The Bertz CT molecular complexity index is 1380. The summed E-state index contributed by atoms with van der Waals surface area (Å²) >= 11 is 6.60. The van der Waals surface area contributed by atoms with Crippen molar-refractivity contribution in [2.75, 3.05) is 45.2 Å². The lowest BCUT2D eigenvalue weighted by molar-refractivity contribution is -0.116. The van der Waals surface area contributed by atoms with Gasteiger partial charge < -0.3 is 10.1 Å². The van der Waals surface area contributed by atoms with Gasteiger partial charge in [-0.2, -0.15) is 9.40 Å². The van der Waals surface area contributed by atoms with Gasteiger partial charge in [-0.05, 0) is 74.2 Å². The average molecular weight is 532 g/mol. The molecule has 0 radical (unpaired) electrons. The number of hydrogen-bond acceptors (Lipinski definition) is 6. The maximum Gasteiger partial charge on any atom is 0.245 e. The highest BCUT2D eigenvalue weighted by molar-refractivity contribution is 7.89. The Balaban J connectivity index is 1.22. The van der Waals surface area contributed by atoms with Crippen LogP contribution in [0.4, 0.5) is 5.69 Å². The molecule has 0 saturated carbocycles. The third kappa shape index (κ3) is 5.01. The molecule has 0 bridgehead atoms. The van der Waals surface area contributed by atoms with Crippen LogP contribution in [0, 0.1) is 6.92 Å². The van der Waals surface area contributed by atoms with E-state index in [1.54, 1.807) is 18.3 Å². The van der Waals surface area contributed by atoms with Gasteiger partial charge in [0.1, 0.15) is 4.90 Å². The van der Waals surface area contributed by atoms with Gasteiger partial charge in [-0.3, -0.25) is 14.8 Å². The van der Waals surface area contributed by atoms with Gasteiger partial charge in [0.15, 0.2) is 0 Å². The molecule has 2 aliphatic rings. The van der Waals surface area contributed by atoms with E-state index in [2.05, 4.69) is 20.4 Å². The number of sulfonamides is 1. The third-order valence-electron chi connectivity index (χ3n) is 7.10. The van der Waals surface area contributed by atoms with Crippen molar-refractivity contribution in [1.29, 1.82) is 0 Å². The molecular weight excluding hydrogens is 502 g/mol. The van der Waals surface area contributed by atoms with E-state index >= 15 is 0 Å². The molecule has 192 valence electrons. The zero-order valence-corrected chi connectivity index (χ0v) is 21.9. The molecule has 3 aromatic rings. The van der Waals surface area contributed by atoms with Crippen molar-refractivity contribution in [3.05, 3.63) is 52.7 Å². The minimum atomic E-state index is -3.92. The Morgan fingerprint density at radius 1 is 1.25 bits per heavy atom. The first-order valence-corrected chi connectivity index (χ1v) is 13.9. The standard InChI is InChI=1S/C25H30ClN5O4S/c1-16-9-18-12-27-29-25(18)23(10-16)36(33,34)30(2)13-24(32)28-19-3-4-21(22(26)11-19)17-5-7-31(8-6-17)20-14-35-15-20/h3-4,9-12,17,20H,5-8,13-15H2,1-2H3,(H,27,29)(H,28,32). The van der Waals surface area contributed by atoms with Crippen LogP contribution < -0.4 is 5.32 Å². The average Bonchev–Trinajstić information content (AvgIpc) is 3.26. The second kappa shape index (κ2) is 10.1.